The molecule has 0 amide bonds. The molecule has 0 bridgehead atoms. The number of hydrogen-bond acceptors (Lipinski definition) is 4. The zero-order valence-corrected chi connectivity index (χ0v) is 17.3. The van der Waals surface area contributed by atoms with E-state index in [-0.39, 0.29) is 0 Å². The molecule has 1 aromatic heterocycles. The maximum Gasteiger partial charge on any atom is 0.194 e. The van der Waals surface area contributed by atoms with Crippen LogP contribution in [0.2, 0.25) is 0 Å². The Labute approximate surface area is 167 Å². The first-order valence-corrected chi connectivity index (χ1v) is 10.3. The zero-order valence-electron chi connectivity index (χ0n) is 17.3. The second-order valence-electron chi connectivity index (χ2n) is 7.74. The lowest BCUT2D eigenvalue weighted by atomic mass is 10.1. The number of rotatable bonds is 3. The summed E-state index contributed by atoms with van der Waals surface area (Å²) in [5, 5.41) is 12.2. The molecule has 0 atom stereocenters. The third kappa shape index (κ3) is 3.70. The highest BCUT2D eigenvalue weighted by molar-refractivity contribution is 5.80. The van der Waals surface area contributed by atoms with Crippen LogP contribution in [-0.4, -0.2) is 58.9 Å². The van der Waals surface area contributed by atoms with Gasteiger partial charge in [-0.15, -0.1) is 10.2 Å². The van der Waals surface area contributed by atoms with Crippen molar-refractivity contribution in [3.63, 3.8) is 0 Å². The largest absolute Gasteiger partial charge is 0.368 e. The van der Waals surface area contributed by atoms with Gasteiger partial charge in [0.05, 0.1) is 6.54 Å². The molecule has 28 heavy (non-hydrogen) atoms. The highest BCUT2D eigenvalue weighted by Gasteiger charge is 2.22. The van der Waals surface area contributed by atoms with Crippen molar-refractivity contribution in [2.45, 2.75) is 46.2 Å². The molecule has 4 rings (SSSR count). The molecule has 0 spiro atoms. The first-order valence-electron chi connectivity index (χ1n) is 10.3. The van der Waals surface area contributed by atoms with Crippen LogP contribution in [0.15, 0.2) is 23.2 Å². The first kappa shape index (κ1) is 18.8. The summed E-state index contributed by atoms with van der Waals surface area (Å²) in [5.41, 5.74) is 4.10. The van der Waals surface area contributed by atoms with E-state index in [0.29, 0.717) is 6.54 Å². The van der Waals surface area contributed by atoms with Crippen molar-refractivity contribution >= 4 is 11.6 Å². The third-order valence-electron chi connectivity index (χ3n) is 6.05. The normalized spacial score (nSPS) is 17.6. The summed E-state index contributed by atoms with van der Waals surface area (Å²) in [5.74, 6) is 3.10. The van der Waals surface area contributed by atoms with Crippen molar-refractivity contribution in [3.05, 3.63) is 41.0 Å². The molecule has 1 saturated heterocycles. The van der Waals surface area contributed by atoms with Gasteiger partial charge in [-0.1, -0.05) is 12.1 Å². The number of nitrogens with one attached hydrogen (secondary N) is 1. The van der Waals surface area contributed by atoms with Crippen LogP contribution in [0.1, 0.15) is 35.6 Å². The summed E-state index contributed by atoms with van der Waals surface area (Å²) in [7, 11) is 1.86. The van der Waals surface area contributed by atoms with Crippen molar-refractivity contribution < 1.29 is 0 Å². The maximum absolute atomic E-state index is 4.51. The van der Waals surface area contributed by atoms with E-state index in [1.807, 2.05) is 7.05 Å². The second-order valence-corrected chi connectivity index (χ2v) is 7.74. The number of hydrogen-bond donors (Lipinski definition) is 1. The number of nitrogens with zero attached hydrogens (tertiary/aromatic N) is 6. The number of anilines is 1. The maximum atomic E-state index is 4.51. The van der Waals surface area contributed by atoms with Crippen LogP contribution >= 0.6 is 0 Å². The molecule has 3 heterocycles. The molecule has 2 aromatic rings. The van der Waals surface area contributed by atoms with Gasteiger partial charge in [-0.05, 0) is 43.9 Å². The number of fused-ring (bicyclic) bond motifs is 1. The van der Waals surface area contributed by atoms with Gasteiger partial charge in [0, 0.05) is 51.9 Å². The molecule has 0 radical (unpaired) electrons. The van der Waals surface area contributed by atoms with Gasteiger partial charge in [0.15, 0.2) is 11.8 Å². The van der Waals surface area contributed by atoms with Gasteiger partial charge in [-0.3, -0.25) is 4.99 Å². The highest BCUT2D eigenvalue weighted by Crippen LogP contribution is 2.24. The first-order chi connectivity index (χ1) is 13.7. The van der Waals surface area contributed by atoms with Crippen LogP contribution in [0.4, 0.5) is 5.69 Å². The van der Waals surface area contributed by atoms with E-state index < -0.39 is 0 Å². The molecule has 150 valence electrons. The average molecular weight is 382 g/mol. The Morgan fingerprint density at radius 1 is 1.07 bits per heavy atom. The van der Waals surface area contributed by atoms with E-state index in [0.717, 1.165) is 56.8 Å². The monoisotopic (exact) mass is 381 g/mol. The van der Waals surface area contributed by atoms with Crippen LogP contribution in [0.25, 0.3) is 0 Å². The van der Waals surface area contributed by atoms with Gasteiger partial charge in [0.25, 0.3) is 0 Å². The van der Waals surface area contributed by atoms with Crippen molar-refractivity contribution in [2.75, 3.05) is 38.1 Å². The standard InChI is InChI=1S/C21H31N7/c1-16-7-6-8-18(17(16)2)26-11-13-27(14-12-26)21(22-3)23-15-20-25-24-19-9-4-5-10-28(19)20/h6-8H,4-5,9-15H2,1-3H3,(H,22,23). The predicted octanol–water partition coefficient (Wildman–Crippen LogP) is 2.13. The zero-order chi connectivity index (χ0) is 19.5. The van der Waals surface area contributed by atoms with E-state index in [2.05, 4.69) is 66.9 Å². The van der Waals surface area contributed by atoms with Crippen LogP contribution in [0.5, 0.6) is 0 Å². The van der Waals surface area contributed by atoms with Crippen molar-refractivity contribution in [1.82, 2.24) is 25.0 Å². The lowest BCUT2D eigenvalue weighted by Crippen LogP contribution is -2.52. The number of guanidine groups is 1. The summed E-state index contributed by atoms with van der Waals surface area (Å²) in [6.07, 6.45) is 3.48. The minimum absolute atomic E-state index is 0.677. The molecule has 0 saturated carbocycles. The van der Waals surface area contributed by atoms with E-state index >= 15 is 0 Å². The van der Waals surface area contributed by atoms with E-state index in [1.54, 1.807) is 0 Å². The molecule has 1 fully saturated rings. The Kier molecular flexibility index (Phi) is 5.50. The fourth-order valence-corrected chi connectivity index (χ4v) is 4.23. The third-order valence-corrected chi connectivity index (χ3v) is 6.05. The molecule has 0 unspecified atom stereocenters. The summed E-state index contributed by atoms with van der Waals surface area (Å²) in [4.78, 5) is 9.34. The van der Waals surface area contributed by atoms with E-state index in [1.165, 1.54) is 29.7 Å². The summed E-state index contributed by atoms with van der Waals surface area (Å²) in [6.45, 7) is 10.1. The molecule has 0 aliphatic carbocycles. The van der Waals surface area contributed by atoms with Gasteiger partial charge < -0.3 is 19.7 Å². The van der Waals surface area contributed by atoms with Crippen LogP contribution < -0.4 is 10.2 Å². The Hall–Kier alpha value is -2.57. The summed E-state index contributed by atoms with van der Waals surface area (Å²) in [6, 6.07) is 6.58. The fourth-order valence-electron chi connectivity index (χ4n) is 4.23. The Morgan fingerprint density at radius 2 is 1.89 bits per heavy atom. The van der Waals surface area contributed by atoms with Crippen molar-refractivity contribution in [2.24, 2.45) is 4.99 Å². The number of aliphatic imine (C=N–C) groups is 1. The molecular weight excluding hydrogens is 350 g/mol. The van der Waals surface area contributed by atoms with E-state index in [9.17, 15) is 0 Å². The quantitative estimate of drug-likeness (QED) is 0.652. The Morgan fingerprint density at radius 3 is 2.68 bits per heavy atom. The van der Waals surface area contributed by atoms with Crippen LogP contribution in [0, 0.1) is 13.8 Å². The predicted molar refractivity (Wildman–Crippen MR) is 113 cm³/mol. The van der Waals surface area contributed by atoms with Crippen molar-refractivity contribution in [1.29, 1.82) is 0 Å². The molecule has 2 aliphatic heterocycles. The molecule has 7 heteroatoms. The van der Waals surface area contributed by atoms with Crippen molar-refractivity contribution in [3.8, 4) is 0 Å². The SMILES string of the molecule is CN=C(NCc1nnc2n1CCCC2)N1CCN(c2cccc(C)c2C)CC1. The molecule has 7 nitrogen and oxygen atoms in total. The average Bonchev–Trinajstić information content (AvgIpc) is 3.14. The lowest BCUT2D eigenvalue weighted by Gasteiger charge is -2.38. The lowest BCUT2D eigenvalue weighted by molar-refractivity contribution is 0.371. The second kappa shape index (κ2) is 8.20. The summed E-state index contributed by atoms with van der Waals surface area (Å²) >= 11 is 0. The fraction of sp³-hybridized carbons (Fsp3) is 0.571. The van der Waals surface area contributed by atoms with Gasteiger partial charge in [-0.2, -0.15) is 0 Å². The van der Waals surface area contributed by atoms with Gasteiger partial charge in [-0.25, -0.2) is 0 Å². The Balaban J connectivity index is 1.35. The minimum Gasteiger partial charge on any atom is -0.368 e. The van der Waals surface area contributed by atoms with Gasteiger partial charge in [0.2, 0.25) is 0 Å². The van der Waals surface area contributed by atoms with Gasteiger partial charge in [0.1, 0.15) is 5.82 Å². The summed E-state index contributed by atoms with van der Waals surface area (Å²) < 4.78 is 2.27. The van der Waals surface area contributed by atoms with Gasteiger partial charge >= 0.3 is 0 Å². The van der Waals surface area contributed by atoms with Crippen LogP contribution in [0.3, 0.4) is 0 Å². The number of piperazine rings is 1. The minimum atomic E-state index is 0.677. The topological polar surface area (TPSA) is 61.6 Å². The highest BCUT2D eigenvalue weighted by atomic mass is 15.4. The smallest absolute Gasteiger partial charge is 0.194 e. The number of benzene rings is 1. The van der Waals surface area contributed by atoms with Crippen LogP contribution in [-0.2, 0) is 19.5 Å². The molecule has 1 aromatic carbocycles. The Bertz CT molecular complexity index is 846. The van der Waals surface area contributed by atoms with E-state index in [4.69, 9.17) is 0 Å². The number of aromatic nitrogens is 3. The molecular formula is C21H31N7. The molecule has 2 aliphatic rings. The molecule has 1 N–H and O–H groups in total. The number of aryl methyl sites for hydroxylation is 2.